The van der Waals surface area contributed by atoms with E-state index in [9.17, 15) is 4.79 Å². The number of thiazole rings is 1. The number of likely N-dealkylation sites (tertiary alicyclic amines) is 1. The summed E-state index contributed by atoms with van der Waals surface area (Å²) >= 11 is 7.58. The summed E-state index contributed by atoms with van der Waals surface area (Å²) in [7, 11) is 3.45. The summed E-state index contributed by atoms with van der Waals surface area (Å²) in [5.41, 5.74) is 1.23. The first-order valence-electron chi connectivity index (χ1n) is 13.9. The highest BCUT2D eigenvalue weighted by Gasteiger charge is 2.40. The first-order valence-corrected chi connectivity index (χ1v) is 15.2. The highest BCUT2D eigenvalue weighted by molar-refractivity contribution is 7.80. The summed E-state index contributed by atoms with van der Waals surface area (Å²) in [5, 5.41) is 6.61. The molecule has 1 aliphatic heterocycles. The van der Waals surface area contributed by atoms with Gasteiger partial charge in [-0.2, -0.15) is 0 Å². The third kappa shape index (κ3) is 7.84. The minimum Gasteiger partial charge on any atom is -0.381 e. The van der Waals surface area contributed by atoms with Gasteiger partial charge in [-0.25, -0.2) is 4.98 Å². The topological polar surface area (TPSA) is 63.7 Å². The fraction of sp³-hybridized carbons (Fsp3) is 0.633. The zero-order valence-corrected chi connectivity index (χ0v) is 25.4. The Morgan fingerprint density at radius 2 is 1.95 bits per heavy atom. The molecule has 8 heteroatoms. The molecule has 1 saturated heterocycles. The minimum atomic E-state index is -0.192. The van der Waals surface area contributed by atoms with Crippen LogP contribution in [-0.4, -0.2) is 59.8 Å². The van der Waals surface area contributed by atoms with E-state index >= 15 is 0 Å². The van der Waals surface area contributed by atoms with Crippen LogP contribution in [0.5, 0.6) is 0 Å². The molecule has 210 valence electrons. The summed E-state index contributed by atoms with van der Waals surface area (Å²) in [6, 6.07) is 10.4. The van der Waals surface area contributed by atoms with Gasteiger partial charge < -0.3 is 19.7 Å². The Bertz CT molecular complexity index is 988. The summed E-state index contributed by atoms with van der Waals surface area (Å²) in [4.78, 5) is 20.9. The molecule has 0 spiro atoms. The maximum atomic E-state index is 13.5. The van der Waals surface area contributed by atoms with Gasteiger partial charge in [0.05, 0.1) is 35.7 Å². The molecule has 1 aliphatic rings. The molecule has 0 saturated carbocycles. The van der Waals surface area contributed by atoms with Gasteiger partial charge in [0.2, 0.25) is 5.91 Å². The summed E-state index contributed by atoms with van der Waals surface area (Å²) < 4.78 is 11.8. The molecular weight excluding hydrogens is 514 g/mol. The molecule has 0 unspecified atom stereocenters. The van der Waals surface area contributed by atoms with Crippen molar-refractivity contribution < 1.29 is 14.3 Å². The lowest BCUT2D eigenvalue weighted by atomic mass is 9.87. The molecule has 1 amide bonds. The van der Waals surface area contributed by atoms with Crippen LogP contribution >= 0.6 is 23.6 Å². The molecule has 0 bridgehead atoms. The number of benzene rings is 1. The predicted octanol–water partition coefficient (Wildman–Crippen LogP) is 6.07. The van der Waals surface area contributed by atoms with Crippen molar-refractivity contribution in [1.82, 2.24) is 15.2 Å². The van der Waals surface area contributed by atoms with Crippen molar-refractivity contribution in [2.75, 3.05) is 20.8 Å². The molecular formula is C30H45N3O3S2. The zero-order chi connectivity index (χ0) is 27.7. The second kappa shape index (κ2) is 15.1. The molecule has 2 aromatic rings. The second-order valence-corrected chi connectivity index (χ2v) is 12.0. The van der Waals surface area contributed by atoms with E-state index in [1.165, 1.54) is 5.56 Å². The predicted molar refractivity (Wildman–Crippen MR) is 159 cm³/mol. The van der Waals surface area contributed by atoms with E-state index < -0.39 is 0 Å². The number of nitrogens with zero attached hydrogens (tertiary/aromatic N) is 2. The van der Waals surface area contributed by atoms with Crippen LogP contribution in [0.25, 0.3) is 0 Å². The standard InChI is InChI=1S/C30H45N3O3S2/c1-7-20(2)21(3)26(35-5)19-27(34)33-16-11-14-25(33)28(36-6)22(4)29(37)32-24(30-31-15-17-38-30)18-23-12-9-8-10-13-23/h8-10,12-13,15,17,20-22,24-26,28H,7,11,14,16,18-19H2,1-6H3,(H,32,37)/t20-,21-,22+,24-,25-,26+,28+/m0/s1. The number of hydrogen-bond acceptors (Lipinski definition) is 6. The minimum absolute atomic E-state index is 0.00824. The number of rotatable bonds is 14. The molecule has 1 N–H and O–H groups in total. The van der Waals surface area contributed by atoms with Gasteiger partial charge in [-0.05, 0) is 36.7 Å². The number of carbonyl (C=O) groups excluding carboxylic acids is 1. The molecule has 1 fully saturated rings. The molecule has 6 nitrogen and oxygen atoms in total. The third-order valence-electron chi connectivity index (χ3n) is 8.33. The van der Waals surface area contributed by atoms with Crippen molar-refractivity contribution >= 4 is 34.5 Å². The lowest BCUT2D eigenvalue weighted by Crippen LogP contribution is -2.50. The van der Waals surface area contributed by atoms with Crippen LogP contribution in [0.4, 0.5) is 0 Å². The molecule has 2 heterocycles. The average Bonchev–Trinajstić information content (AvgIpc) is 3.64. The van der Waals surface area contributed by atoms with Crippen LogP contribution in [0.15, 0.2) is 41.9 Å². The van der Waals surface area contributed by atoms with Gasteiger partial charge in [-0.3, -0.25) is 4.79 Å². The Balaban J connectivity index is 1.70. The Morgan fingerprint density at radius 3 is 2.55 bits per heavy atom. The highest BCUT2D eigenvalue weighted by atomic mass is 32.1. The lowest BCUT2D eigenvalue weighted by Gasteiger charge is -2.36. The number of carbonyl (C=O) groups is 1. The highest BCUT2D eigenvalue weighted by Crippen LogP contribution is 2.30. The molecule has 0 radical (unpaired) electrons. The first kappa shape index (κ1) is 30.7. The molecule has 0 aliphatic carbocycles. The number of ether oxygens (including phenoxy) is 2. The van der Waals surface area contributed by atoms with Gasteiger partial charge >= 0.3 is 0 Å². The van der Waals surface area contributed by atoms with Crippen molar-refractivity contribution in [3.05, 3.63) is 52.5 Å². The van der Waals surface area contributed by atoms with Crippen molar-refractivity contribution in [2.24, 2.45) is 17.8 Å². The smallest absolute Gasteiger partial charge is 0.225 e. The number of methoxy groups -OCH3 is 2. The fourth-order valence-corrected chi connectivity index (χ4v) is 6.52. The van der Waals surface area contributed by atoms with E-state index in [1.54, 1.807) is 25.6 Å². The Kier molecular flexibility index (Phi) is 12.2. The molecule has 1 aromatic heterocycles. The Morgan fingerprint density at radius 1 is 1.21 bits per heavy atom. The number of aromatic nitrogens is 1. The molecule has 7 atom stereocenters. The normalized spacial score (nSPS) is 20.4. The maximum Gasteiger partial charge on any atom is 0.225 e. The summed E-state index contributed by atoms with van der Waals surface area (Å²) in [6.45, 7) is 9.46. The van der Waals surface area contributed by atoms with Crippen molar-refractivity contribution in [2.45, 2.75) is 84.1 Å². The van der Waals surface area contributed by atoms with E-state index in [4.69, 9.17) is 21.7 Å². The quantitative estimate of drug-likeness (QED) is 0.283. The lowest BCUT2D eigenvalue weighted by molar-refractivity contribution is -0.138. The monoisotopic (exact) mass is 559 g/mol. The first-order chi connectivity index (χ1) is 18.3. The van der Waals surface area contributed by atoms with Crippen LogP contribution in [0.1, 0.15) is 70.0 Å². The number of amides is 1. The Labute approximate surface area is 238 Å². The average molecular weight is 560 g/mol. The van der Waals surface area contributed by atoms with Crippen molar-refractivity contribution in [3.63, 3.8) is 0 Å². The third-order valence-corrected chi connectivity index (χ3v) is 9.71. The van der Waals surface area contributed by atoms with E-state index in [0.717, 1.165) is 42.2 Å². The summed E-state index contributed by atoms with van der Waals surface area (Å²) in [6.07, 6.45) is 5.70. The van der Waals surface area contributed by atoms with Gasteiger partial charge in [0, 0.05) is 38.3 Å². The van der Waals surface area contributed by atoms with Gasteiger partial charge in [-0.1, -0.05) is 76.7 Å². The van der Waals surface area contributed by atoms with Crippen LogP contribution in [0, 0.1) is 17.8 Å². The number of nitrogens with one attached hydrogen (secondary N) is 1. The molecule has 38 heavy (non-hydrogen) atoms. The number of hydrogen-bond donors (Lipinski definition) is 1. The van der Waals surface area contributed by atoms with Crippen molar-refractivity contribution in [3.8, 4) is 0 Å². The van der Waals surface area contributed by atoms with Crippen LogP contribution in [-0.2, 0) is 20.7 Å². The largest absolute Gasteiger partial charge is 0.381 e. The van der Waals surface area contributed by atoms with Crippen LogP contribution < -0.4 is 5.32 Å². The summed E-state index contributed by atoms with van der Waals surface area (Å²) in [5.74, 6) is 0.895. The van der Waals surface area contributed by atoms with E-state index in [2.05, 4.69) is 62.3 Å². The van der Waals surface area contributed by atoms with Gasteiger partial charge in [-0.15, -0.1) is 11.3 Å². The molecule has 3 rings (SSSR count). The van der Waals surface area contributed by atoms with Gasteiger partial charge in [0.25, 0.3) is 0 Å². The fourth-order valence-electron chi connectivity index (χ4n) is 5.56. The van der Waals surface area contributed by atoms with Crippen LogP contribution in [0.2, 0.25) is 0 Å². The van der Waals surface area contributed by atoms with Crippen LogP contribution in [0.3, 0.4) is 0 Å². The zero-order valence-electron chi connectivity index (χ0n) is 23.8. The number of thiocarbonyl (C=S) groups is 1. The van der Waals surface area contributed by atoms with E-state index in [0.29, 0.717) is 18.3 Å². The van der Waals surface area contributed by atoms with Gasteiger partial charge in [0.15, 0.2) is 0 Å². The molecule has 1 aromatic carbocycles. The van der Waals surface area contributed by atoms with Gasteiger partial charge in [0.1, 0.15) is 5.01 Å². The Hall–Kier alpha value is -1.87. The maximum absolute atomic E-state index is 13.5. The SMILES string of the molecule is CC[C@H](C)[C@H](C)[C@@H](CC(=O)N1CCC[C@H]1[C@H](OC)[C@@H](C)C(=S)N[C@@H](Cc1ccccc1)c1nccs1)OC. The second-order valence-electron chi connectivity index (χ2n) is 10.6. The van der Waals surface area contributed by atoms with E-state index in [-0.39, 0.29) is 36.1 Å². The van der Waals surface area contributed by atoms with E-state index in [1.807, 2.05) is 22.5 Å². The van der Waals surface area contributed by atoms with Crippen molar-refractivity contribution in [1.29, 1.82) is 0 Å².